The molecule has 62 valence electrons. The Kier molecular flexibility index (Phi) is 6.68. The third-order valence-electron chi connectivity index (χ3n) is 0.787. The van der Waals surface area contributed by atoms with E-state index < -0.39 is 19.4 Å². The molecule has 0 aliphatic carbocycles. The number of halogens is 2. The lowest BCUT2D eigenvalue weighted by molar-refractivity contribution is -0.164. The molecule has 1 unspecified atom stereocenters. The van der Waals surface area contributed by atoms with Crippen LogP contribution in [0.4, 0.5) is 8.92 Å². The van der Waals surface area contributed by atoms with Crippen LogP contribution in [-0.2, 0) is 9.68 Å². The van der Waals surface area contributed by atoms with Gasteiger partial charge in [0.25, 0.3) is 0 Å². The molecule has 1 atom stereocenters. The van der Waals surface area contributed by atoms with E-state index >= 15 is 0 Å². The molecule has 0 aliphatic rings. The Hall–Kier alpha value is -0.260. The number of rotatable bonds is 6. The van der Waals surface area contributed by atoms with Crippen molar-refractivity contribution < 1.29 is 23.7 Å². The van der Waals surface area contributed by atoms with Gasteiger partial charge in [-0.25, -0.2) is 4.39 Å². The second kappa shape index (κ2) is 6.85. The maximum atomic E-state index is 11.3. The molecular weight excluding hydrogens is 146 g/mol. The van der Waals surface area contributed by atoms with Gasteiger partial charge in [0.2, 0.25) is 0 Å². The fourth-order valence-electron chi connectivity index (χ4n) is 0.395. The SMILES string of the molecule is OC(COF)COCCF. The fourth-order valence-corrected chi connectivity index (χ4v) is 0.395. The molecule has 0 saturated carbocycles. The first-order chi connectivity index (χ1) is 4.81. The molecule has 0 aromatic carbocycles. The number of aliphatic hydroxyl groups excluding tert-OH is 1. The van der Waals surface area contributed by atoms with Crippen molar-refractivity contribution in [1.82, 2.24) is 0 Å². The lowest BCUT2D eigenvalue weighted by Gasteiger charge is -2.06. The third kappa shape index (κ3) is 5.87. The van der Waals surface area contributed by atoms with E-state index in [0.29, 0.717) is 0 Å². The van der Waals surface area contributed by atoms with Crippen molar-refractivity contribution in [3.8, 4) is 0 Å². The van der Waals surface area contributed by atoms with Crippen LogP contribution >= 0.6 is 0 Å². The molecule has 5 heteroatoms. The van der Waals surface area contributed by atoms with Gasteiger partial charge in [-0.2, -0.15) is 4.94 Å². The van der Waals surface area contributed by atoms with E-state index in [0.717, 1.165) is 0 Å². The predicted molar refractivity (Wildman–Crippen MR) is 29.9 cm³/mol. The summed E-state index contributed by atoms with van der Waals surface area (Å²) in [7, 11) is 0. The lowest BCUT2D eigenvalue weighted by Crippen LogP contribution is -2.20. The number of ether oxygens (including phenoxy) is 1. The third-order valence-corrected chi connectivity index (χ3v) is 0.787. The molecule has 0 bridgehead atoms. The summed E-state index contributed by atoms with van der Waals surface area (Å²) < 4.78 is 26.8. The van der Waals surface area contributed by atoms with Crippen LogP contribution in [0.3, 0.4) is 0 Å². The number of aliphatic hydroxyl groups is 1. The summed E-state index contributed by atoms with van der Waals surface area (Å²) in [6.07, 6.45) is -1.02. The zero-order valence-electron chi connectivity index (χ0n) is 5.43. The minimum atomic E-state index is -1.02. The Bertz CT molecular complexity index is 71.9. The first kappa shape index (κ1) is 9.74. The van der Waals surface area contributed by atoms with Gasteiger partial charge in [-0.15, -0.1) is 0 Å². The van der Waals surface area contributed by atoms with Gasteiger partial charge in [-0.05, 0) is 4.53 Å². The second-order valence-electron chi connectivity index (χ2n) is 1.69. The Balaban J connectivity index is 2.97. The molecule has 0 aromatic heterocycles. The van der Waals surface area contributed by atoms with Crippen molar-refractivity contribution in [2.45, 2.75) is 6.10 Å². The number of hydrogen-bond donors (Lipinski definition) is 1. The maximum Gasteiger partial charge on any atom is 0.116 e. The maximum absolute atomic E-state index is 11.3. The highest BCUT2D eigenvalue weighted by Crippen LogP contribution is 1.87. The molecule has 0 aromatic rings. The van der Waals surface area contributed by atoms with Crippen LogP contribution in [0.2, 0.25) is 0 Å². The molecule has 0 rings (SSSR count). The molecule has 0 aliphatic heterocycles. The van der Waals surface area contributed by atoms with Gasteiger partial charge in [0, 0.05) is 0 Å². The number of hydrogen-bond acceptors (Lipinski definition) is 3. The van der Waals surface area contributed by atoms with Gasteiger partial charge < -0.3 is 9.84 Å². The average molecular weight is 156 g/mol. The van der Waals surface area contributed by atoms with E-state index in [1.54, 1.807) is 0 Å². The van der Waals surface area contributed by atoms with Gasteiger partial charge in [0.1, 0.15) is 19.4 Å². The predicted octanol–water partition coefficient (Wildman–Crippen LogP) is 0.235. The molecule has 3 nitrogen and oxygen atoms in total. The highest BCUT2D eigenvalue weighted by atomic mass is 19.3. The summed E-state index contributed by atoms with van der Waals surface area (Å²) in [6.45, 7) is -1.23. The first-order valence-corrected chi connectivity index (χ1v) is 2.86. The van der Waals surface area contributed by atoms with Crippen LogP contribution in [0, 0.1) is 0 Å². The Morgan fingerprint density at radius 3 is 2.60 bits per heavy atom. The quantitative estimate of drug-likeness (QED) is 0.559. The Labute approximate surface area is 57.5 Å². The van der Waals surface area contributed by atoms with Crippen LogP contribution < -0.4 is 0 Å². The highest BCUT2D eigenvalue weighted by Gasteiger charge is 2.03. The zero-order chi connectivity index (χ0) is 7.82. The summed E-state index contributed by atoms with van der Waals surface area (Å²) in [4.78, 5) is 3.11. The van der Waals surface area contributed by atoms with Crippen molar-refractivity contribution in [3.05, 3.63) is 0 Å². The van der Waals surface area contributed by atoms with Crippen molar-refractivity contribution in [2.24, 2.45) is 0 Å². The molecule has 10 heavy (non-hydrogen) atoms. The fraction of sp³-hybridized carbons (Fsp3) is 1.00. The zero-order valence-corrected chi connectivity index (χ0v) is 5.43. The van der Waals surface area contributed by atoms with Crippen molar-refractivity contribution in [1.29, 1.82) is 0 Å². The molecule has 0 fully saturated rings. The average Bonchev–Trinajstić information content (AvgIpc) is 1.89. The van der Waals surface area contributed by atoms with Crippen LogP contribution in [0.5, 0.6) is 0 Å². The van der Waals surface area contributed by atoms with Crippen LogP contribution in [0.15, 0.2) is 0 Å². The van der Waals surface area contributed by atoms with Crippen LogP contribution in [0.25, 0.3) is 0 Å². The molecule has 0 amide bonds. The normalized spacial score (nSPS) is 13.5. The van der Waals surface area contributed by atoms with Gasteiger partial charge in [0.05, 0.1) is 13.2 Å². The van der Waals surface area contributed by atoms with E-state index in [1.807, 2.05) is 0 Å². The van der Waals surface area contributed by atoms with Crippen molar-refractivity contribution in [2.75, 3.05) is 26.5 Å². The molecule has 0 saturated heterocycles. The smallest absolute Gasteiger partial charge is 0.116 e. The number of alkyl halides is 1. The van der Waals surface area contributed by atoms with Crippen LogP contribution in [-0.4, -0.2) is 37.7 Å². The molecule has 0 heterocycles. The summed E-state index contributed by atoms with van der Waals surface area (Å²) in [5.74, 6) is 0. The molecule has 0 spiro atoms. The standard InChI is InChI=1S/C5H10F2O3/c6-1-2-9-3-5(8)4-10-7/h5,8H,1-4H2. The lowest BCUT2D eigenvalue weighted by atomic mass is 10.4. The summed E-state index contributed by atoms with van der Waals surface area (Å²) in [6, 6.07) is 0. The second-order valence-corrected chi connectivity index (χ2v) is 1.69. The van der Waals surface area contributed by atoms with E-state index in [1.165, 1.54) is 0 Å². The van der Waals surface area contributed by atoms with Crippen molar-refractivity contribution >= 4 is 0 Å². The molecular formula is C5H10F2O3. The topological polar surface area (TPSA) is 38.7 Å². The van der Waals surface area contributed by atoms with E-state index in [2.05, 4.69) is 9.68 Å². The summed E-state index contributed by atoms with van der Waals surface area (Å²) >= 11 is 0. The summed E-state index contributed by atoms with van der Waals surface area (Å²) in [5.41, 5.74) is 0. The summed E-state index contributed by atoms with van der Waals surface area (Å²) in [5, 5.41) is 8.66. The molecule has 1 N–H and O–H groups in total. The van der Waals surface area contributed by atoms with E-state index in [4.69, 9.17) is 5.11 Å². The van der Waals surface area contributed by atoms with E-state index in [9.17, 15) is 8.92 Å². The van der Waals surface area contributed by atoms with Gasteiger partial charge >= 0.3 is 0 Å². The Morgan fingerprint density at radius 1 is 1.40 bits per heavy atom. The van der Waals surface area contributed by atoms with Gasteiger partial charge in [-0.1, -0.05) is 0 Å². The van der Waals surface area contributed by atoms with Crippen molar-refractivity contribution in [3.63, 3.8) is 0 Å². The van der Waals surface area contributed by atoms with E-state index in [-0.39, 0.29) is 13.2 Å². The monoisotopic (exact) mass is 156 g/mol. The highest BCUT2D eigenvalue weighted by molar-refractivity contribution is 4.48. The largest absolute Gasteiger partial charge is 0.388 e. The van der Waals surface area contributed by atoms with Gasteiger partial charge in [-0.3, -0.25) is 0 Å². The first-order valence-electron chi connectivity index (χ1n) is 2.86. The minimum absolute atomic E-state index is 0.0800. The van der Waals surface area contributed by atoms with Gasteiger partial charge in [0.15, 0.2) is 0 Å². The minimum Gasteiger partial charge on any atom is -0.388 e. The Morgan fingerprint density at radius 2 is 2.10 bits per heavy atom. The molecule has 0 radical (unpaired) electrons. The van der Waals surface area contributed by atoms with Crippen LogP contribution in [0.1, 0.15) is 0 Å².